The molecule has 1 rings (SSSR count). The second-order valence-electron chi connectivity index (χ2n) is 4.73. The Kier molecular flexibility index (Phi) is 2.86. The Morgan fingerprint density at radius 2 is 1.71 bits per heavy atom. The molecule has 0 fully saturated rings. The molecule has 0 aliphatic carbocycles. The maximum Gasteiger partial charge on any atom is 0.119 e. The standard InChI is InChI=1S/C12H19NO/c1-8-5-10(7-12(3,4)13)11(14)6-9(8)2/h5-6,14H,7,13H2,1-4H3. The second kappa shape index (κ2) is 3.62. The van der Waals surface area contributed by atoms with Crippen LogP contribution in [0.3, 0.4) is 0 Å². The van der Waals surface area contributed by atoms with Gasteiger partial charge in [-0.1, -0.05) is 6.07 Å². The Morgan fingerprint density at radius 3 is 2.21 bits per heavy atom. The molecule has 0 saturated heterocycles. The molecule has 0 aliphatic heterocycles. The third-order valence-electron chi connectivity index (χ3n) is 2.34. The number of aromatic hydroxyl groups is 1. The topological polar surface area (TPSA) is 46.2 Å². The molecule has 3 N–H and O–H groups in total. The van der Waals surface area contributed by atoms with Gasteiger partial charge in [0.25, 0.3) is 0 Å². The third kappa shape index (κ3) is 2.74. The molecule has 0 atom stereocenters. The minimum atomic E-state index is -0.279. The summed E-state index contributed by atoms with van der Waals surface area (Å²) in [6, 6.07) is 3.82. The Bertz CT molecular complexity index is 337. The number of rotatable bonds is 2. The summed E-state index contributed by atoms with van der Waals surface area (Å²) in [5.41, 5.74) is 8.87. The van der Waals surface area contributed by atoms with Gasteiger partial charge >= 0.3 is 0 Å². The molecule has 0 bridgehead atoms. The molecular weight excluding hydrogens is 174 g/mol. The SMILES string of the molecule is Cc1cc(O)c(CC(C)(C)N)cc1C. The number of benzene rings is 1. The molecule has 0 heterocycles. The summed E-state index contributed by atoms with van der Waals surface area (Å²) in [5.74, 6) is 0.353. The summed E-state index contributed by atoms with van der Waals surface area (Å²) in [5, 5.41) is 9.72. The van der Waals surface area contributed by atoms with Crippen molar-refractivity contribution in [3.05, 3.63) is 28.8 Å². The molecule has 14 heavy (non-hydrogen) atoms. The van der Waals surface area contributed by atoms with E-state index in [2.05, 4.69) is 0 Å². The molecule has 0 unspecified atom stereocenters. The summed E-state index contributed by atoms with van der Waals surface area (Å²) in [7, 11) is 0. The van der Waals surface area contributed by atoms with Gasteiger partial charge in [0.05, 0.1) is 0 Å². The number of nitrogens with two attached hydrogens (primary N) is 1. The van der Waals surface area contributed by atoms with Gasteiger partial charge in [0.2, 0.25) is 0 Å². The van der Waals surface area contributed by atoms with E-state index in [-0.39, 0.29) is 5.54 Å². The highest BCUT2D eigenvalue weighted by Gasteiger charge is 2.14. The maximum absolute atomic E-state index is 9.72. The molecule has 0 saturated carbocycles. The summed E-state index contributed by atoms with van der Waals surface area (Å²) >= 11 is 0. The summed E-state index contributed by atoms with van der Waals surface area (Å²) in [6.45, 7) is 7.96. The summed E-state index contributed by atoms with van der Waals surface area (Å²) in [6.07, 6.45) is 0.694. The van der Waals surface area contributed by atoms with Crippen molar-refractivity contribution < 1.29 is 5.11 Å². The highest BCUT2D eigenvalue weighted by atomic mass is 16.3. The van der Waals surface area contributed by atoms with Crippen LogP contribution in [-0.4, -0.2) is 10.6 Å². The molecule has 2 nitrogen and oxygen atoms in total. The van der Waals surface area contributed by atoms with Gasteiger partial charge in [-0.05, 0) is 56.9 Å². The summed E-state index contributed by atoms with van der Waals surface area (Å²) in [4.78, 5) is 0. The van der Waals surface area contributed by atoms with E-state index < -0.39 is 0 Å². The first-order chi connectivity index (χ1) is 6.29. The molecule has 0 aliphatic rings. The minimum absolute atomic E-state index is 0.279. The van der Waals surface area contributed by atoms with Crippen LogP contribution in [-0.2, 0) is 6.42 Å². The number of hydrogen-bond donors (Lipinski definition) is 2. The van der Waals surface area contributed by atoms with E-state index in [1.807, 2.05) is 33.8 Å². The first-order valence-electron chi connectivity index (χ1n) is 4.87. The predicted octanol–water partition coefficient (Wildman–Crippen LogP) is 2.29. The van der Waals surface area contributed by atoms with E-state index in [4.69, 9.17) is 5.73 Å². The maximum atomic E-state index is 9.72. The smallest absolute Gasteiger partial charge is 0.119 e. The van der Waals surface area contributed by atoms with E-state index in [0.29, 0.717) is 12.2 Å². The van der Waals surface area contributed by atoms with Crippen LogP contribution < -0.4 is 5.73 Å². The Balaban J connectivity index is 3.04. The van der Waals surface area contributed by atoms with Gasteiger partial charge in [0.15, 0.2) is 0 Å². The van der Waals surface area contributed by atoms with Crippen molar-refractivity contribution in [2.45, 2.75) is 39.7 Å². The first-order valence-corrected chi connectivity index (χ1v) is 4.87. The Labute approximate surface area is 85.8 Å². The molecule has 0 spiro atoms. The average molecular weight is 193 g/mol. The number of hydrogen-bond acceptors (Lipinski definition) is 2. The number of aryl methyl sites for hydroxylation is 2. The quantitative estimate of drug-likeness (QED) is 0.757. The van der Waals surface area contributed by atoms with Gasteiger partial charge in [-0.2, -0.15) is 0 Å². The minimum Gasteiger partial charge on any atom is -0.508 e. The van der Waals surface area contributed by atoms with E-state index in [1.54, 1.807) is 6.07 Å². The predicted molar refractivity (Wildman–Crippen MR) is 59.6 cm³/mol. The lowest BCUT2D eigenvalue weighted by Crippen LogP contribution is -2.34. The van der Waals surface area contributed by atoms with E-state index in [0.717, 1.165) is 11.1 Å². The van der Waals surface area contributed by atoms with Crippen molar-refractivity contribution in [2.24, 2.45) is 5.73 Å². The largest absolute Gasteiger partial charge is 0.508 e. The monoisotopic (exact) mass is 193 g/mol. The van der Waals surface area contributed by atoms with E-state index >= 15 is 0 Å². The Hall–Kier alpha value is -1.02. The van der Waals surface area contributed by atoms with E-state index in [1.165, 1.54) is 5.56 Å². The van der Waals surface area contributed by atoms with Gasteiger partial charge in [-0.25, -0.2) is 0 Å². The molecule has 1 aromatic carbocycles. The molecule has 1 aromatic rings. The molecule has 0 amide bonds. The molecule has 0 aromatic heterocycles. The first kappa shape index (κ1) is 11.1. The highest BCUT2D eigenvalue weighted by Crippen LogP contribution is 2.24. The fourth-order valence-corrected chi connectivity index (χ4v) is 1.49. The van der Waals surface area contributed by atoms with Crippen LogP contribution in [0.4, 0.5) is 0 Å². The number of phenolic OH excluding ortho intramolecular Hbond substituents is 1. The molecule has 2 heteroatoms. The zero-order valence-corrected chi connectivity index (χ0v) is 9.39. The fourth-order valence-electron chi connectivity index (χ4n) is 1.49. The lowest BCUT2D eigenvalue weighted by atomic mass is 9.93. The van der Waals surface area contributed by atoms with Crippen LogP contribution in [0.15, 0.2) is 12.1 Å². The lowest BCUT2D eigenvalue weighted by Gasteiger charge is -2.19. The molecule has 0 radical (unpaired) electrons. The van der Waals surface area contributed by atoms with Crippen molar-refractivity contribution in [3.8, 4) is 5.75 Å². The van der Waals surface area contributed by atoms with Crippen molar-refractivity contribution in [2.75, 3.05) is 0 Å². The zero-order valence-electron chi connectivity index (χ0n) is 9.39. The van der Waals surface area contributed by atoms with Crippen LogP contribution in [0.5, 0.6) is 5.75 Å². The third-order valence-corrected chi connectivity index (χ3v) is 2.34. The lowest BCUT2D eigenvalue weighted by molar-refractivity contribution is 0.449. The van der Waals surface area contributed by atoms with Crippen LogP contribution in [0.25, 0.3) is 0 Å². The number of phenols is 1. The molecular formula is C12H19NO. The van der Waals surface area contributed by atoms with Crippen molar-refractivity contribution in [1.82, 2.24) is 0 Å². The summed E-state index contributed by atoms with van der Waals surface area (Å²) < 4.78 is 0. The van der Waals surface area contributed by atoms with Gasteiger partial charge in [-0.3, -0.25) is 0 Å². The second-order valence-corrected chi connectivity index (χ2v) is 4.73. The highest BCUT2D eigenvalue weighted by molar-refractivity contribution is 5.41. The molecule has 78 valence electrons. The van der Waals surface area contributed by atoms with Gasteiger partial charge in [0, 0.05) is 5.54 Å². The zero-order chi connectivity index (χ0) is 10.9. The average Bonchev–Trinajstić information content (AvgIpc) is 1.97. The van der Waals surface area contributed by atoms with Crippen LogP contribution in [0.2, 0.25) is 0 Å². The van der Waals surface area contributed by atoms with Crippen LogP contribution in [0.1, 0.15) is 30.5 Å². The Morgan fingerprint density at radius 1 is 1.21 bits per heavy atom. The van der Waals surface area contributed by atoms with Crippen molar-refractivity contribution in [1.29, 1.82) is 0 Å². The van der Waals surface area contributed by atoms with Gasteiger partial charge < -0.3 is 10.8 Å². The van der Waals surface area contributed by atoms with E-state index in [9.17, 15) is 5.11 Å². The van der Waals surface area contributed by atoms with Crippen LogP contribution >= 0.6 is 0 Å². The van der Waals surface area contributed by atoms with Crippen LogP contribution in [0, 0.1) is 13.8 Å². The van der Waals surface area contributed by atoms with Crippen molar-refractivity contribution in [3.63, 3.8) is 0 Å². The van der Waals surface area contributed by atoms with Gasteiger partial charge in [0.1, 0.15) is 5.75 Å². The van der Waals surface area contributed by atoms with Crippen molar-refractivity contribution >= 4 is 0 Å². The van der Waals surface area contributed by atoms with Gasteiger partial charge in [-0.15, -0.1) is 0 Å². The fraction of sp³-hybridized carbons (Fsp3) is 0.500. The normalized spacial score (nSPS) is 11.8.